The van der Waals surface area contributed by atoms with Crippen LogP contribution in [0.5, 0.6) is 0 Å². The number of amides is 1. The Morgan fingerprint density at radius 3 is 2.73 bits per heavy atom. The molecule has 0 saturated carbocycles. The summed E-state index contributed by atoms with van der Waals surface area (Å²) in [5, 5.41) is 5.33. The van der Waals surface area contributed by atoms with Gasteiger partial charge in [-0.3, -0.25) is 9.59 Å². The lowest BCUT2D eigenvalue weighted by atomic mass is 10.1. The van der Waals surface area contributed by atoms with Crippen molar-refractivity contribution in [2.24, 2.45) is 0 Å². The highest BCUT2D eigenvalue weighted by Gasteiger charge is 2.19. The molecular formula is C21H22FN3O4S. The van der Waals surface area contributed by atoms with Gasteiger partial charge in [-0.1, -0.05) is 0 Å². The van der Waals surface area contributed by atoms with Crippen molar-refractivity contribution in [3.05, 3.63) is 50.3 Å². The Balaban J connectivity index is 2.04. The van der Waals surface area contributed by atoms with E-state index >= 15 is 0 Å². The predicted molar refractivity (Wildman–Crippen MR) is 113 cm³/mol. The van der Waals surface area contributed by atoms with E-state index < -0.39 is 17.2 Å². The third kappa shape index (κ3) is 4.40. The minimum atomic E-state index is -0.723. The molecule has 2 heterocycles. The number of halogens is 1. The monoisotopic (exact) mass is 431 g/mol. The Labute approximate surface area is 176 Å². The molecule has 0 spiro atoms. The molecule has 1 aromatic carbocycles. The molecule has 0 aliphatic heterocycles. The normalized spacial score (nSPS) is 10.9. The molecule has 1 N–H and O–H groups in total. The van der Waals surface area contributed by atoms with Crippen LogP contribution in [0.15, 0.2) is 28.5 Å². The second-order valence-corrected chi connectivity index (χ2v) is 7.53. The molecule has 0 aliphatic carbocycles. The van der Waals surface area contributed by atoms with Crippen molar-refractivity contribution in [1.29, 1.82) is 0 Å². The summed E-state index contributed by atoms with van der Waals surface area (Å²) in [5.74, 6) is -1.44. The zero-order chi connectivity index (χ0) is 21.8. The lowest BCUT2D eigenvalue weighted by Crippen LogP contribution is -2.22. The van der Waals surface area contributed by atoms with Crippen LogP contribution in [0.4, 0.5) is 4.39 Å². The van der Waals surface area contributed by atoms with Gasteiger partial charge in [-0.15, -0.1) is 11.3 Å². The number of nitrogens with zero attached hydrogens (tertiary/aromatic N) is 2. The number of pyridine rings is 1. The van der Waals surface area contributed by atoms with Crippen LogP contribution in [-0.4, -0.2) is 34.6 Å². The number of carbonyl (C=O) groups is 2. The van der Waals surface area contributed by atoms with Crippen molar-refractivity contribution in [3.63, 3.8) is 0 Å². The summed E-state index contributed by atoms with van der Waals surface area (Å²) in [6.45, 7) is 6.04. The summed E-state index contributed by atoms with van der Waals surface area (Å²) in [6, 6.07) is 2.73. The molecule has 3 aromatic rings. The van der Waals surface area contributed by atoms with Crippen LogP contribution in [0.2, 0.25) is 0 Å². The molecule has 0 radical (unpaired) electrons. The summed E-state index contributed by atoms with van der Waals surface area (Å²) in [6.07, 6.45) is 1.99. The van der Waals surface area contributed by atoms with Gasteiger partial charge in [-0.2, -0.15) is 0 Å². The van der Waals surface area contributed by atoms with E-state index in [4.69, 9.17) is 4.74 Å². The van der Waals surface area contributed by atoms with Crippen molar-refractivity contribution >= 4 is 34.1 Å². The number of nitrogens with one attached hydrogen (secondary N) is 1. The van der Waals surface area contributed by atoms with Gasteiger partial charge in [0.05, 0.1) is 22.8 Å². The van der Waals surface area contributed by atoms with Gasteiger partial charge in [-0.05, 0) is 26.0 Å². The topological polar surface area (TPSA) is 90.3 Å². The lowest BCUT2D eigenvalue weighted by Gasteiger charge is -2.13. The smallest absolute Gasteiger partial charge is 0.343 e. The van der Waals surface area contributed by atoms with Crippen LogP contribution in [0.25, 0.3) is 22.2 Å². The number of ether oxygens (including phenoxy) is 1. The molecular weight excluding hydrogens is 409 g/mol. The molecule has 30 heavy (non-hydrogen) atoms. The highest BCUT2D eigenvalue weighted by molar-refractivity contribution is 7.09. The van der Waals surface area contributed by atoms with E-state index in [0.717, 1.165) is 11.1 Å². The zero-order valence-corrected chi connectivity index (χ0v) is 17.8. The molecule has 1 amide bonds. The highest BCUT2D eigenvalue weighted by atomic mass is 32.1. The zero-order valence-electron chi connectivity index (χ0n) is 17.0. The Morgan fingerprint density at radius 2 is 2.07 bits per heavy atom. The fraction of sp³-hybridized carbons (Fsp3) is 0.333. The Hall–Kier alpha value is -3.07. The first kappa shape index (κ1) is 21.6. The van der Waals surface area contributed by atoms with E-state index in [-0.39, 0.29) is 29.0 Å². The van der Waals surface area contributed by atoms with E-state index in [2.05, 4.69) is 10.3 Å². The number of rotatable bonds is 7. The summed E-state index contributed by atoms with van der Waals surface area (Å²) in [7, 11) is 0. The van der Waals surface area contributed by atoms with Gasteiger partial charge >= 0.3 is 5.97 Å². The van der Waals surface area contributed by atoms with Crippen molar-refractivity contribution in [2.45, 2.75) is 33.7 Å². The summed E-state index contributed by atoms with van der Waals surface area (Å²) in [5.41, 5.74) is 0.566. The van der Waals surface area contributed by atoms with E-state index in [1.807, 2.05) is 6.92 Å². The first-order chi connectivity index (χ1) is 14.3. The molecule has 0 saturated heterocycles. The number of esters is 1. The summed E-state index contributed by atoms with van der Waals surface area (Å²) in [4.78, 5) is 40.3. The lowest BCUT2D eigenvalue weighted by molar-refractivity contribution is -0.118. The van der Waals surface area contributed by atoms with Crippen molar-refractivity contribution in [3.8, 4) is 11.3 Å². The maximum Gasteiger partial charge on any atom is 0.343 e. The largest absolute Gasteiger partial charge is 0.462 e. The van der Waals surface area contributed by atoms with Gasteiger partial charge in [0.25, 0.3) is 0 Å². The predicted octanol–water partition coefficient (Wildman–Crippen LogP) is 3.14. The SMILES string of the molecule is CCOC(=O)c1cn(CC)c2cc(-c3csc(CCNC(C)=O)n3)c(F)cc2c1=O. The number of hydrogen-bond acceptors (Lipinski definition) is 6. The quantitative estimate of drug-likeness (QED) is 0.581. The minimum Gasteiger partial charge on any atom is -0.462 e. The molecule has 0 aliphatic rings. The number of hydrogen-bond donors (Lipinski definition) is 1. The van der Waals surface area contributed by atoms with Crippen LogP contribution >= 0.6 is 11.3 Å². The van der Waals surface area contributed by atoms with Gasteiger partial charge < -0.3 is 14.6 Å². The van der Waals surface area contributed by atoms with Crippen molar-refractivity contribution in [2.75, 3.05) is 13.2 Å². The second kappa shape index (κ2) is 9.17. The van der Waals surface area contributed by atoms with E-state index in [1.54, 1.807) is 22.9 Å². The number of thiazole rings is 1. The van der Waals surface area contributed by atoms with Gasteiger partial charge in [0, 0.05) is 49.0 Å². The molecule has 0 fully saturated rings. The number of carbonyl (C=O) groups excluding carboxylic acids is 2. The van der Waals surface area contributed by atoms with Gasteiger partial charge in [-0.25, -0.2) is 14.2 Å². The number of benzene rings is 1. The van der Waals surface area contributed by atoms with Crippen molar-refractivity contribution in [1.82, 2.24) is 14.9 Å². The van der Waals surface area contributed by atoms with E-state index in [1.165, 1.54) is 24.5 Å². The minimum absolute atomic E-state index is 0.116. The van der Waals surface area contributed by atoms with Gasteiger partial charge in [0.15, 0.2) is 0 Å². The van der Waals surface area contributed by atoms with Gasteiger partial charge in [0.1, 0.15) is 11.4 Å². The first-order valence-electron chi connectivity index (χ1n) is 9.58. The Kier molecular flexibility index (Phi) is 6.61. The summed E-state index contributed by atoms with van der Waals surface area (Å²) < 4.78 is 21.6. The molecule has 2 aromatic heterocycles. The molecule has 0 bridgehead atoms. The van der Waals surface area contributed by atoms with Crippen LogP contribution in [0.3, 0.4) is 0 Å². The molecule has 0 atom stereocenters. The van der Waals surface area contributed by atoms with Crippen LogP contribution in [0, 0.1) is 5.82 Å². The molecule has 0 unspecified atom stereocenters. The van der Waals surface area contributed by atoms with Crippen LogP contribution < -0.4 is 10.7 Å². The van der Waals surface area contributed by atoms with Crippen LogP contribution in [-0.2, 0) is 22.5 Å². The fourth-order valence-electron chi connectivity index (χ4n) is 3.12. The maximum atomic E-state index is 14.9. The van der Waals surface area contributed by atoms with Crippen molar-refractivity contribution < 1.29 is 18.7 Å². The summed E-state index contributed by atoms with van der Waals surface area (Å²) >= 11 is 1.38. The average Bonchev–Trinajstić information content (AvgIpc) is 3.16. The van der Waals surface area contributed by atoms with Crippen LogP contribution in [0.1, 0.15) is 36.1 Å². The van der Waals surface area contributed by atoms with Gasteiger partial charge in [0.2, 0.25) is 11.3 Å². The molecule has 9 heteroatoms. The third-order valence-corrected chi connectivity index (χ3v) is 5.45. The molecule has 158 valence electrons. The highest BCUT2D eigenvalue weighted by Crippen LogP contribution is 2.28. The molecule has 7 nitrogen and oxygen atoms in total. The number of aromatic nitrogens is 2. The maximum absolute atomic E-state index is 14.9. The molecule has 3 rings (SSSR count). The number of aryl methyl sites for hydroxylation is 1. The second-order valence-electron chi connectivity index (χ2n) is 6.59. The average molecular weight is 431 g/mol. The van der Waals surface area contributed by atoms with E-state index in [0.29, 0.717) is 30.7 Å². The first-order valence-corrected chi connectivity index (χ1v) is 10.5. The number of fused-ring (bicyclic) bond motifs is 1. The standard InChI is InChI=1S/C21H22FN3O4S/c1-4-25-10-15(21(28)29-5-2)20(27)14-8-16(22)13(9-18(14)25)17-11-30-19(24-17)6-7-23-12(3)26/h8-11H,4-7H2,1-3H3,(H,23,26). The fourth-order valence-corrected chi connectivity index (χ4v) is 3.92. The Morgan fingerprint density at radius 1 is 1.30 bits per heavy atom. The third-order valence-electron chi connectivity index (χ3n) is 4.55. The van der Waals surface area contributed by atoms with E-state index in [9.17, 15) is 18.8 Å². The Bertz CT molecular complexity index is 1170.